The highest BCUT2D eigenvalue weighted by Crippen LogP contribution is 2.18. The molecule has 0 saturated heterocycles. The summed E-state index contributed by atoms with van der Waals surface area (Å²) in [7, 11) is 0. The van der Waals surface area contributed by atoms with Crippen LogP contribution in [0, 0.1) is 0 Å². The summed E-state index contributed by atoms with van der Waals surface area (Å²) in [6.07, 6.45) is 6.62. The number of hydrogen-bond donors (Lipinski definition) is 0. The molecule has 0 atom stereocenters. The number of benzene rings is 2. The molecule has 0 bridgehead atoms. The van der Waals surface area contributed by atoms with Gasteiger partial charge in [-0.05, 0) is 54.3 Å². The Bertz CT molecular complexity index is 973. The number of carbonyl (C=O) groups is 3. The predicted molar refractivity (Wildman–Crippen MR) is 123 cm³/mol. The molecule has 0 spiro atoms. The predicted octanol–water partition coefficient (Wildman–Crippen LogP) is 4.42. The van der Waals surface area contributed by atoms with Crippen LogP contribution in [-0.4, -0.2) is 31.1 Å². The van der Waals surface area contributed by atoms with E-state index >= 15 is 0 Å². The molecular formula is C26H26O7. The number of rotatable bonds is 13. The van der Waals surface area contributed by atoms with Gasteiger partial charge in [0.05, 0.1) is 13.2 Å². The summed E-state index contributed by atoms with van der Waals surface area (Å²) in [4.78, 5) is 34.0. The van der Waals surface area contributed by atoms with E-state index < -0.39 is 17.9 Å². The highest BCUT2D eigenvalue weighted by molar-refractivity contribution is 5.88. The summed E-state index contributed by atoms with van der Waals surface area (Å²) in [5.41, 5.74) is 1.62. The van der Waals surface area contributed by atoms with Crippen LogP contribution in [-0.2, 0) is 30.5 Å². The van der Waals surface area contributed by atoms with Crippen molar-refractivity contribution in [1.82, 2.24) is 0 Å². The van der Waals surface area contributed by atoms with Gasteiger partial charge in [-0.3, -0.25) is 0 Å². The van der Waals surface area contributed by atoms with Crippen molar-refractivity contribution in [3.8, 4) is 11.5 Å². The van der Waals surface area contributed by atoms with Crippen molar-refractivity contribution in [3.63, 3.8) is 0 Å². The Hall–Kier alpha value is -4.13. The van der Waals surface area contributed by atoms with E-state index in [0.29, 0.717) is 31.1 Å². The van der Waals surface area contributed by atoms with Crippen molar-refractivity contribution in [1.29, 1.82) is 0 Å². The quantitative estimate of drug-likeness (QED) is 0.193. The van der Waals surface area contributed by atoms with E-state index in [0.717, 1.165) is 29.7 Å². The van der Waals surface area contributed by atoms with Gasteiger partial charge < -0.3 is 18.9 Å². The van der Waals surface area contributed by atoms with E-state index in [9.17, 15) is 14.4 Å². The lowest BCUT2D eigenvalue weighted by atomic mass is 10.1. The number of unbranched alkanes of at least 4 members (excludes halogenated alkanes) is 1. The van der Waals surface area contributed by atoms with E-state index in [1.54, 1.807) is 54.6 Å². The van der Waals surface area contributed by atoms with E-state index in [-0.39, 0.29) is 6.61 Å². The summed E-state index contributed by atoms with van der Waals surface area (Å²) in [6.45, 7) is 7.63. The Labute approximate surface area is 192 Å². The first-order valence-electron chi connectivity index (χ1n) is 10.3. The van der Waals surface area contributed by atoms with Gasteiger partial charge in [-0.1, -0.05) is 37.4 Å². The third-order valence-electron chi connectivity index (χ3n) is 4.20. The SMILES string of the molecule is C=CC(=O)OCCCCOc1ccc(OC(=O)/C=C/c2ccc(COC(=O)C=C)cc2)cc1. The first kappa shape index (κ1) is 25.1. The molecule has 0 fully saturated rings. The Morgan fingerprint density at radius 3 is 2.00 bits per heavy atom. The second-order valence-corrected chi connectivity index (χ2v) is 6.71. The van der Waals surface area contributed by atoms with Crippen LogP contribution in [0.2, 0.25) is 0 Å². The van der Waals surface area contributed by atoms with Gasteiger partial charge >= 0.3 is 17.9 Å². The van der Waals surface area contributed by atoms with Crippen molar-refractivity contribution < 1.29 is 33.3 Å². The second-order valence-electron chi connectivity index (χ2n) is 6.71. The lowest BCUT2D eigenvalue weighted by molar-refractivity contribution is -0.139. The van der Waals surface area contributed by atoms with Gasteiger partial charge in [0.1, 0.15) is 18.1 Å². The minimum Gasteiger partial charge on any atom is -0.494 e. The monoisotopic (exact) mass is 450 g/mol. The molecule has 0 radical (unpaired) electrons. The molecular weight excluding hydrogens is 424 g/mol. The molecule has 0 aliphatic rings. The number of carbonyl (C=O) groups excluding carboxylic acids is 3. The molecule has 0 aliphatic carbocycles. The topological polar surface area (TPSA) is 88.1 Å². The van der Waals surface area contributed by atoms with Crippen LogP contribution in [0.15, 0.2) is 79.9 Å². The molecule has 0 heterocycles. The van der Waals surface area contributed by atoms with Gasteiger partial charge in [0.2, 0.25) is 0 Å². The number of esters is 3. The fourth-order valence-corrected chi connectivity index (χ4v) is 2.48. The van der Waals surface area contributed by atoms with Crippen LogP contribution in [0.1, 0.15) is 24.0 Å². The van der Waals surface area contributed by atoms with E-state index in [1.165, 1.54) is 6.08 Å². The van der Waals surface area contributed by atoms with Crippen molar-refractivity contribution in [2.45, 2.75) is 19.4 Å². The Balaban J connectivity index is 1.71. The molecule has 2 aromatic rings. The van der Waals surface area contributed by atoms with Crippen LogP contribution in [0.3, 0.4) is 0 Å². The summed E-state index contributed by atoms with van der Waals surface area (Å²) >= 11 is 0. The smallest absolute Gasteiger partial charge is 0.336 e. The average molecular weight is 450 g/mol. The van der Waals surface area contributed by atoms with Gasteiger partial charge in [0.15, 0.2) is 0 Å². The van der Waals surface area contributed by atoms with Crippen molar-refractivity contribution in [2.75, 3.05) is 13.2 Å². The van der Waals surface area contributed by atoms with E-state index in [4.69, 9.17) is 18.9 Å². The molecule has 7 heteroatoms. The van der Waals surface area contributed by atoms with Crippen molar-refractivity contribution in [3.05, 3.63) is 91.0 Å². The minimum absolute atomic E-state index is 0.155. The first-order chi connectivity index (χ1) is 16.0. The maximum Gasteiger partial charge on any atom is 0.336 e. The molecule has 172 valence electrons. The van der Waals surface area contributed by atoms with Crippen LogP contribution >= 0.6 is 0 Å². The van der Waals surface area contributed by atoms with Crippen LogP contribution in [0.25, 0.3) is 6.08 Å². The summed E-state index contributed by atoms with van der Waals surface area (Å²) in [6, 6.07) is 13.9. The molecule has 2 aromatic carbocycles. The zero-order valence-corrected chi connectivity index (χ0v) is 18.2. The Morgan fingerprint density at radius 2 is 1.33 bits per heavy atom. The van der Waals surface area contributed by atoms with Gasteiger partial charge in [0, 0.05) is 18.2 Å². The van der Waals surface area contributed by atoms with Crippen LogP contribution in [0.4, 0.5) is 0 Å². The third-order valence-corrected chi connectivity index (χ3v) is 4.20. The van der Waals surface area contributed by atoms with E-state index in [1.807, 2.05) is 0 Å². The Morgan fingerprint density at radius 1 is 0.727 bits per heavy atom. The zero-order valence-electron chi connectivity index (χ0n) is 18.2. The maximum atomic E-state index is 12.0. The first-order valence-corrected chi connectivity index (χ1v) is 10.3. The number of hydrogen-bond acceptors (Lipinski definition) is 7. The molecule has 0 aliphatic heterocycles. The molecule has 0 aromatic heterocycles. The van der Waals surface area contributed by atoms with Gasteiger partial charge in [-0.2, -0.15) is 0 Å². The summed E-state index contributed by atoms with van der Waals surface area (Å²) in [5, 5.41) is 0. The standard InChI is InChI=1S/C26H26O7/c1-3-24(27)31-18-6-5-17-30-22-12-14-23(15-13-22)33-26(29)16-11-20-7-9-21(10-8-20)19-32-25(28)4-2/h3-4,7-16H,1-2,5-6,17-19H2/b16-11+. The second kappa shape index (κ2) is 14.0. The maximum absolute atomic E-state index is 12.0. The fourth-order valence-electron chi connectivity index (χ4n) is 2.48. The average Bonchev–Trinajstić information content (AvgIpc) is 2.84. The lowest BCUT2D eigenvalue weighted by Crippen LogP contribution is -2.05. The molecule has 0 amide bonds. The largest absolute Gasteiger partial charge is 0.494 e. The van der Waals surface area contributed by atoms with Gasteiger partial charge in [-0.15, -0.1) is 0 Å². The van der Waals surface area contributed by atoms with Gasteiger partial charge in [-0.25, -0.2) is 14.4 Å². The molecule has 0 N–H and O–H groups in total. The van der Waals surface area contributed by atoms with Crippen LogP contribution in [0.5, 0.6) is 11.5 Å². The van der Waals surface area contributed by atoms with Gasteiger partial charge in [0.25, 0.3) is 0 Å². The highest BCUT2D eigenvalue weighted by Gasteiger charge is 2.03. The summed E-state index contributed by atoms with van der Waals surface area (Å²) < 4.78 is 20.7. The zero-order chi connectivity index (χ0) is 23.9. The molecule has 0 unspecified atom stereocenters. The van der Waals surface area contributed by atoms with Crippen molar-refractivity contribution >= 4 is 24.0 Å². The fraction of sp³-hybridized carbons (Fsp3) is 0.192. The highest BCUT2D eigenvalue weighted by atomic mass is 16.5. The minimum atomic E-state index is -0.512. The molecule has 33 heavy (non-hydrogen) atoms. The van der Waals surface area contributed by atoms with E-state index in [2.05, 4.69) is 13.2 Å². The molecule has 2 rings (SSSR count). The lowest BCUT2D eigenvalue weighted by Gasteiger charge is -2.07. The third kappa shape index (κ3) is 10.1. The Kier molecular flexibility index (Phi) is 10.7. The summed E-state index contributed by atoms with van der Waals surface area (Å²) in [5.74, 6) is -0.385. The molecule has 7 nitrogen and oxygen atoms in total. The van der Waals surface area contributed by atoms with Crippen molar-refractivity contribution in [2.24, 2.45) is 0 Å². The molecule has 0 saturated carbocycles. The number of ether oxygens (including phenoxy) is 4. The normalized spacial score (nSPS) is 10.3. The van der Waals surface area contributed by atoms with Crippen LogP contribution < -0.4 is 9.47 Å².